The molecule has 7 heteroatoms. The number of carbonyl (C=O) groups excluding carboxylic acids is 2. The second-order valence-electron chi connectivity index (χ2n) is 6.58. The molecule has 1 aromatic heterocycles. The minimum Gasteiger partial charge on any atom is -0.273 e. The van der Waals surface area contributed by atoms with Gasteiger partial charge in [0.05, 0.1) is 11.8 Å². The number of aromatic nitrogens is 2. The van der Waals surface area contributed by atoms with E-state index >= 15 is 0 Å². The van der Waals surface area contributed by atoms with E-state index in [9.17, 15) is 14.4 Å². The summed E-state index contributed by atoms with van der Waals surface area (Å²) in [6.45, 7) is 0. The van der Waals surface area contributed by atoms with Gasteiger partial charge in [-0.25, -0.2) is 5.10 Å². The van der Waals surface area contributed by atoms with Crippen molar-refractivity contribution in [1.29, 1.82) is 0 Å². The van der Waals surface area contributed by atoms with Crippen molar-refractivity contribution < 1.29 is 9.59 Å². The lowest BCUT2D eigenvalue weighted by Gasteiger charge is -2.09. The highest BCUT2D eigenvalue weighted by atomic mass is 16.2. The number of hydrogen-bond donors (Lipinski definition) is 3. The molecule has 7 nitrogen and oxygen atoms in total. The number of fused-ring (bicyclic) bond motifs is 2. The maximum atomic E-state index is 12.4. The van der Waals surface area contributed by atoms with Crippen LogP contribution in [0.25, 0.3) is 10.8 Å². The minimum atomic E-state index is -0.593. The molecule has 1 aliphatic rings. The predicted octanol–water partition coefficient (Wildman–Crippen LogP) is 1.42. The number of hydrazine groups is 1. The van der Waals surface area contributed by atoms with Crippen LogP contribution in [0.15, 0.2) is 47.3 Å². The summed E-state index contributed by atoms with van der Waals surface area (Å²) < 4.78 is 0. The standard InChI is InChI=1S/C20H18N4O3/c25-17(11-12-8-9-13-4-3-5-14(13)10-12)21-24-20(27)18-15-6-1-2-7-16(15)19(26)23-22-18/h1-2,6-10H,3-5,11H2,(H,21,25)(H,23,26)(H,24,27). The van der Waals surface area contributed by atoms with Gasteiger partial charge >= 0.3 is 0 Å². The van der Waals surface area contributed by atoms with Crippen LogP contribution >= 0.6 is 0 Å². The van der Waals surface area contributed by atoms with Crippen LogP contribution < -0.4 is 16.4 Å². The van der Waals surface area contributed by atoms with Gasteiger partial charge in [-0.15, -0.1) is 0 Å². The van der Waals surface area contributed by atoms with Gasteiger partial charge in [0.25, 0.3) is 11.5 Å². The van der Waals surface area contributed by atoms with Crippen LogP contribution in [0, 0.1) is 0 Å². The van der Waals surface area contributed by atoms with E-state index in [1.807, 2.05) is 6.07 Å². The van der Waals surface area contributed by atoms with Gasteiger partial charge in [-0.05, 0) is 42.0 Å². The molecule has 1 heterocycles. The Bertz CT molecular complexity index is 1100. The quantitative estimate of drug-likeness (QED) is 0.613. The Morgan fingerprint density at radius 1 is 1.00 bits per heavy atom. The summed E-state index contributed by atoms with van der Waals surface area (Å²) in [4.78, 5) is 36.3. The van der Waals surface area contributed by atoms with Gasteiger partial charge in [0, 0.05) is 5.39 Å². The first kappa shape index (κ1) is 17.0. The topological polar surface area (TPSA) is 104 Å². The van der Waals surface area contributed by atoms with Gasteiger partial charge in [0.2, 0.25) is 5.91 Å². The lowest BCUT2D eigenvalue weighted by molar-refractivity contribution is -0.121. The average molecular weight is 362 g/mol. The third kappa shape index (κ3) is 3.44. The van der Waals surface area contributed by atoms with E-state index in [4.69, 9.17) is 0 Å². The van der Waals surface area contributed by atoms with Crippen LogP contribution in [0.1, 0.15) is 33.6 Å². The zero-order chi connectivity index (χ0) is 18.8. The fourth-order valence-corrected chi connectivity index (χ4v) is 3.44. The summed E-state index contributed by atoms with van der Waals surface area (Å²) in [5, 5.41) is 6.89. The fraction of sp³-hybridized carbons (Fsp3) is 0.200. The Labute approximate surface area is 154 Å². The molecule has 0 bridgehead atoms. The Morgan fingerprint density at radius 3 is 2.63 bits per heavy atom. The van der Waals surface area contributed by atoms with E-state index in [0.717, 1.165) is 24.8 Å². The van der Waals surface area contributed by atoms with Gasteiger partial charge in [0.15, 0.2) is 5.69 Å². The van der Waals surface area contributed by atoms with Gasteiger partial charge in [0.1, 0.15) is 0 Å². The lowest BCUT2D eigenvalue weighted by atomic mass is 10.0. The summed E-state index contributed by atoms with van der Waals surface area (Å²) in [7, 11) is 0. The van der Waals surface area contributed by atoms with E-state index in [2.05, 4.69) is 33.2 Å². The number of carbonyl (C=O) groups is 2. The SMILES string of the molecule is O=C(Cc1ccc2c(c1)CCC2)NNC(=O)c1n[nH]c(=O)c2ccccc12. The highest BCUT2D eigenvalue weighted by molar-refractivity contribution is 6.05. The summed E-state index contributed by atoms with van der Waals surface area (Å²) in [5.74, 6) is -0.917. The molecule has 0 atom stereocenters. The third-order valence-electron chi connectivity index (χ3n) is 4.75. The molecule has 0 saturated heterocycles. The van der Waals surface area contributed by atoms with Crippen LogP contribution in [0.3, 0.4) is 0 Å². The average Bonchev–Trinajstić information content (AvgIpc) is 3.14. The molecule has 3 aromatic rings. The van der Waals surface area contributed by atoms with Crippen LogP contribution in [-0.2, 0) is 24.1 Å². The number of H-pyrrole nitrogens is 1. The monoisotopic (exact) mass is 362 g/mol. The first-order valence-corrected chi connectivity index (χ1v) is 8.79. The van der Waals surface area contributed by atoms with Gasteiger partial charge in [-0.1, -0.05) is 36.4 Å². The normalized spacial score (nSPS) is 12.6. The van der Waals surface area contributed by atoms with Gasteiger partial charge in [-0.3, -0.25) is 25.2 Å². The van der Waals surface area contributed by atoms with Crippen molar-refractivity contribution in [3.63, 3.8) is 0 Å². The Kier molecular flexibility index (Phi) is 4.42. The number of aryl methyl sites for hydroxylation is 2. The number of benzene rings is 2. The molecule has 136 valence electrons. The molecule has 27 heavy (non-hydrogen) atoms. The number of hydrogen-bond acceptors (Lipinski definition) is 4. The van der Waals surface area contributed by atoms with Gasteiger partial charge < -0.3 is 0 Å². The van der Waals surface area contributed by atoms with Crippen molar-refractivity contribution in [1.82, 2.24) is 21.0 Å². The smallest absolute Gasteiger partial charge is 0.273 e. The van der Waals surface area contributed by atoms with Gasteiger partial charge in [-0.2, -0.15) is 5.10 Å². The Hall–Kier alpha value is -3.48. The molecule has 1 aliphatic carbocycles. The molecule has 0 saturated carbocycles. The van der Waals surface area contributed by atoms with Crippen LogP contribution in [0.5, 0.6) is 0 Å². The highest BCUT2D eigenvalue weighted by Crippen LogP contribution is 2.22. The highest BCUT2D eigenvalue weighted by Gasteiger charge is 2.15. The molecular weight excluding hydrogens is 344 g/mol. The third-order valence-corrected chi connectivity index (χ3v) is 4.75. The van der Waals surface area contributed by atoms with E-state index in [-0.39, 0.29) is 23.6 Å². The van der Waals surface area contributed by atoms with E-state index in [1.54, 1.807) is 24.3 Å². The van der Waals surface area contributed by atoms with Crippen molar-refractivity contribution in [3.05, 3.63) is 75.2 Å². The summed E-state index contributed by atoms with van der Waals surface area (Å²) >= 11 is 0. The first-order valence-electron chi connectivity index (χ1n) is 8.79. The summed E-state index contributed by atoms with van der Waals surface area (Å²) in [6.07, 6.45) is 3.47. The van der Waals surface area contributed by atoms with Crippen LogP contribution in [-0.4, -0.2) is 22.0 Å². The van der Waals surface area contributed by atoms with Crippen molar-refractivity contribution in [3.8, 4) is 0 Å². The van der Waals surface area contributed by atoms with Crippen molar-refractivity contribution >= 4 is 22.6 Å². The van der Waals surface area contributed by atoms with Crippen LogP contribution in [0.2, 0.25) is 0 Å². The Balaban J connectivity index is 1.43. The number of amides is 2. The molecule has 0 aliphatic heterocycles. The largest absolute Gasteiger partial charge is 0.290 e. The van der Waals surface area contributed by atoms with Crippen molar-refractivity contribution in [2.24, 2.45) is 0 Å². The van der Waals surface area contributed by atoms with E-state index < -0.39 is 5.91 Å². The van der Waals surface area contributed by atoms with Crippen LogP contribution in [0.4, 0.5) is 0 Å². The number of nitrogens with one attached hydrogen (secondary N) is 3. The lowest BCUT2D eigenvalue weighted by Crippen LogP contribution is -2.43. The first-order chi connectivity index (χ1) is 13.1. The summed E-state index contributed by atoms with van der Waals surface area (Å²) in [6, 6.07) is 12.7. The molecule has 4 rings (SSSR count). The predicted molar refractivity (Wildman–Crippen MR) is 100 cm³/mol. The fourth-order valence-electron chi connectivity index (χ4n) is 3.44. The molecule has 0 spiro atoms. The Morgan fingerprint density at radius 2 is 1.78 bits per heavy atom. The summed E-state index contributed by atoms with van der Waals surface area (Å²) in [5.41, 5.74) is 8.00. The van der Waals surface area contributed by atoms with E-state index in [1.165, 1.54) is 11.1 Å². The number of aromatic amines is 1. The molecule has 2 amide bonds. The number of rotatable bonds is 3. The molecule has 0 fully saturated rings. The number of nitrogens with zero attached hydrogens (tertiary/aromatic N) is 1. The zero-order valence-electron chi connectivity index (χ0n) is 14.5. The van der Waals surface area contributed by atoms with E-state index in [0.29, 0.717) is 10.8 Å². The molecule has 2 aromatic carbocycles. The molecule has 0 unspecified atom stereocenters. The molecular formula is C20H18N4O3. The maximum Gasteiger partial charge on any atom is 0.290 e. The minimum absolute atomic E-state index is 0.0445. The zero-order valence-corrected chi connectivity index (χ0v) is 14.5. The second kappa shape index (κ2) is 7.03. The van der Waals surface area contributed by atoms with Crippen molar-refractivity contribution in [2.45, 2.75) is 25.7 Å². The maximum absolute atomic E-state index is 12.4. The molecule has 3 N–H and O–H groups in total. The molecule has 0 radical (unpaired) electrons. The van der Waals surface area contributed by atoms with Crippen molar-refractivity contribution in [2.75, 3.05) is 0 Å². The second-order valence-corrected chi connectivity index (χ2v) is 6.58.